The van der Waals surface area contributed by atoms with Gasteiger partial charge in [0.2, 0.25) is 0 Å². The van der Waals surface area contributed by atoms with Crippen molar-refractivity contribution in [2.75, 3.05) is 0 Å². The minimum absolute atomic E-state index is 0. The van der Waals surface area contributed by atoms with Crippen molar-refractivity contribution in [3.8, 4) is 0 Å². The van der Waals surface area contributed by atoms with Gasteiger partial charge in [-0.2, -0.15) is 60.7 Å². The van der Waals surface area contributed by atoms with E-state index in [0.29, 0.717) is 0 Å². The second kappa shape index (κ2) is 14.1. The minimum Gasteiger partial charge on any atom is -1.00 e. The van der Waals surface area contributed by atoms with Crippen LogP contribution in [0.5, 0.6) is 0 Å². The first kappa shape index (κ1) is 23.7. The predicted octanol–water partition coefficient (Wildman–Crippen LogP) is -3.30. The normalized spacial score (nSPS) is 8.22. The molecule has 0 aliphatic heterocycles. The van der Waals surface area contributed by atoms with E-state index in [1.54, 1.807) is 0 Å². The Morgan fingerprint density at radius 2 is 1.11 bits per heavy atom. The van der Waals surface area contributed by atoms with Gasteiger partial charge in [0.25, 0.3) is 0 Å². The van der Waals surface area contributed by atoms with Crippen LogP contribution >= 0.6 is 0 Å². The molecule has 18 heavy (non-hydrogen) atoms. The molecular formula is C14H10Br2Mg2. The third-order valence-corrected chi connectivity index (χ3v) is 1.93. The number of rotatable bonds is 2. The van der Waals surface area contributed by atoms with Gasteiger partial charge in [-0.15, -0.1) is 23.3 Å². The number of benzene rings is 2. The van der Waals surface area contributed by atoms with Gasteiger partial charge in [-0.25, -0.2) is 0 Å². The zero-order valence-corrected chi connectivity index (χ0v) is 15.9. The van der Waals surface area contributed by atoms with E-state index in [1.165, 1.54) is 0 Å². The van der Waals surface area contributed by atoms with Gasteiger partial charge < -0.3 is 34.0 Å². The quantitative estimate of drug-likeness (QED) is 0.288. The van der Waals surface area contributed by atoms with E-state index in [-0.39, 0.29) is 80.1 Å². The molecule has 0 saturated heterocycles. The molecule has 0 radical (unpaired) electrons. The molecule has 0 atom stereocenters. The van der Waals surface area contributed by atoms with Gasteiger partial charge in [-0.1, -0.05) is 0 Å². The van der Waals surface area contributed by atoms with Crippen molar-refractivity contribution in [3.63, 3.8) is 0 Å². The van der Waals surface area contributed by atoms with Crippen LogP contribution in [0.25, 0.3) is 12.2 Å². The molecule has 2 aromatic carbocycles. The van der Waals surface area contributed by atoms with Crippen LogP contribution in [0.2, 0.25) is 0 Å². The monoisotopic (exact) mass is 384 g/mol. The fourth-order valence-corrected chi connectivity index (χ4v) is 1.21. The Balaban J connectivity index is -0.000000562. The van der Waals surface area contributed by atoms with Crippen molar-refractivity contribution < 1.29 is 34.0 Å². The molecule has 0 aliphatic carbocycles. The van der Waals surface area contributed by atoms with Gasteiger partial charge in [0.05, 0.1) is 0 Å². The summed E-state index contributed by atoms with van der Waals surface area (Å²) in [6.45, 7) is 0. The molecule has 0 nitrogen and oxygen atoms in total. The molecule has 4 heteroatoms. The smallest absolute Gasteiger partial charge is 1.00 e. The molecule has 0 aromatic heterocycles. The first-order valence-corrected chi connectivity index (χ1v) is 4.55. The predicted molar refractivity (Wildman–Crippen MR) is 71.0 cm³/mol. The standard InChI is InChI=1S/C14H10.2BrH.2Mg/c1-3-7-13(8-4-1)11-12-14-9-5-2-6-10-14;;;;/h1-3,5,7-12H;2*1H;;/q-2;;;2*+2/p-2/b12-11+;;;;. The average Bonchev–Trinajstić information content (AvgIpc) is 2.29. The second-order valence-electron chi connectivity index (χ2n) is 3.01. The third-order valence-electron chi connectivity index (χ3n) is 1.93. The molecule has 0 unspecified atom stereocenters. The van der Waals surface area contributed by atoms with E-state index in [9.17, 15) is 0 Å². The Labute approximate surface area is 162 Å². The molecule has 0 fully saturated rings. The molecule has 0 amide bonds. The van der Waals surface area contributed by atoms with Gasteiger partial charge in [-0.3, -0.25) is 0 Å². The molecule has 2 aromatic rings. The fraction of sp³-hybridized carbons (Fsp3) is 0. The largest absolute Gasteiger partial charge is 2.00 e. The summed E-state index contributed by atoms with van der Waals surface area (Å²) in [5, 5.41) is 0. The van der Waals surface area contributed by atoms with Crippen LogP contribution in [-0.4, -0.2) is 46.1 Å². The van der Waals surface area contributed by atoms with Crippen molar-refractivity contribution in [1.82, 2.24) is 0 Å². The van der Waals surface area contributed by atoms with Crippen molar-refractivity contribution in [2.45, 2.75) is 0 Å². The summed E-state index contributed by atoms with van der Waals surface area (Å²) in [6, 6.07) is 21.9. The van der Waals surface area contributed by atoms with Crippen molar-refractivity contribution in [3.05, 3.63) is 71.8 Å². The molecule has 2 rings (SSSR count). The molecule has 0 spiro atoms. The van der Waals surface area contributed by atoms with Gasteiger partial charge in [0.1, 0.15) is 0 Å². The van der Waals surface area contributed by atoms with E-state index in [1.807, 2.05) is 36.4 Å². The summed E-state index contributed by atoms with van der Waals surface area (Å²) in [4.78, 5) is 0. The van der Waals surface area contributed by atoms with Crippen molar-refractivity contribution >= 4 is 58.3 Å². The zero-order valence-electron chi connectivity index (χ0n) is 9.94. The summed E-state index contributed by atoms with van der Waals surface area (Å²) in [5.41, 5.74) is 2.33. The first-order valence-electron chi connectivity index (χ1n) is 4.55. The van der Waals surface area contributed by atoms with Crippen LogP contribution in [0, 0.1) is 12.1 Å². The summed E-state index contributed by atoms with van der Waals surface area (Å²) in [5.74, 6) is 0. The Hall–Kier alpha value is 0.672. The van der Waals surface area contributed by atoms with Gasteiger partial charge in [0, 0.05) is 0 Å². The van der Waals surface area contributed by atoms with E-state index in [0.717, 1.165) is 11.1 Å². The van der Waals surface area contributed by atoms with Gasteiger partial charge in [-0.05, 0) is 0 Å². The van der Waals surface area contributed by atoms with Crippen LogP contribution in [-0.2, 0) is 0 Å². The Bertz CT molecular complexity index is 375. The van der Waals surface area contributed by atoms with E-state index >= 15 is 0 Å². The molecule has 0 heterocycles. The SMILES string of the molecule is [Br-].[Br-].[Mg+2].[Mg+2].[c-]1cccc(/C=C/c2c[c-]ccc2)c1. The Morgan fingerprint density at radius 3 is 1.39 bits per heavy atom. The van der Waals surface area contributed by atoms with E-state index < -0.39 is 0 Å². The van der Waals surface area contributed by atoms with Crippen LogP contribution in [0.1, 0.15) is 11.1 Å². The average molecular weight is 387 g/mol. The molecule has 0 N–H and O–H groups in total. The van der Waals surface area contributed by atoms with Gasteiger partial charge in [0.15, 0.2) is 0 Å². The fourth-order valence-electron chi connectivity index (χ4n) is 1.21. The van der Waals surface area contributed by atoms with Crippen LogP contribution in [0.15, 0.2) is 48.5 Å². The van der Waals surface area contributed by atoms with Crippen LogP contribution in [0.3, 0.4) is 0 Å². The molecule has 0 aliphatic rings. The van der Waals surface area contributed by atoms with Crippen LogP contribution in [0.4, 0.5) is 0 Å². The van der Waals surface area contributed by atoms with Crippen molar-refractivity contribution in [1.29, 1.82) is 0 Å². The summed E-state index contributed by atoms with van der Waals surface area (Å²) >= 11 is 0. The van der Waals surface area contributed by atoms with Crippen LogP contribution < -0.4 is 34.0 Å². The molecule has 84 valence electrons. The summed E-state index contributed by atoms with van der Waals surface area (Å²) in [6.07, 6.45) is 4.14. The summed E-state index contributed by atoms with van der Waals surface area (Å²) < 4.78 is 0. The topological polar surface area (TPSA) is 0 Å². The Morgan fingerprint density at radius 1 is 0.722 bits per heavy atom. The summed E-state index contributed by atoms with van der Waals surface area (Å²) in [7, 11) is 0. The third kappa shape index (κ3) is 8.72. The van der Waals surface area contributed by atoms with Crippen molar-refractivity contribution in [2.24, 2.45) is 0 Å². The first-order chi connectivity index (χ1) is 6.95. The van der Waals surface area contributed by atoms with Gasteiger partial charge >= 0.3 is 46.1 Å². The number of halogens is 2. The van der Waals surface area contributed by atoms with E-state index in [2.05, 4.69) is 36.4 Å². The molecule has 0 saturated carbocycles. The van der Waals surface area contributed by atoms with E-state index in [4.69, 9.17) is 0 Å². The second-order valence-corrected chi connectivity index (χ2v) is 3.01. The maximum absolute atomic E-state index is 3.04. The minimum atomic E-state index is 0. The molecule has 0 bridgehead atoms. The molecular weight excluding hydrogens is 377 g/mol. The zero-order chi connectivity index (χ0) is 9.64. The Kier molecular flexibility index (Phi) is 18.6. The maximum atomic E-state index is 3.04. The number of hydrogen-bond acceptors (Lipinski definition) is 0. The maximum Gasteiger partial charge on any atom is 2.00 e. The number of hydrogen-bond donors (Lipinski definition) is 0.